The Hall–Kier alpha value is -2.90. The van der Waals surface area contributed by atoms with Gasteiger partial charge in [0.2, 0.25) is 0 Å². The van der Waals surface area contributed by atoms with Crippen molar-refractivity contribution in [3.8, 4) is 11.5 Å². The topological polar surface area (TPSA) is 117 Å². The molecular formula is C21H27N2O7P. The Morgan fingerprint density at radius 2 is 1.81 bits per heavy atom. The Balaban J connectivity index is 2.25. The molecule has 0 fully saturated rings. The van der Waals surface area contributed by atoms with Crippen molar-refractivity contribution in [3.63, 3.8) is 0 Å². The normalized spacial score (nSPS) is 13.6. The number of rotatable bonds is 12. The van der Waals surface area contributed by atoms with Crippen molar-refractivity contribution < 1.29 is 28.1 Å². The van der Waals surface area contributed by atoms with Crippen molar-refractivity contribution in [1.29, 1.82) is 0 Å². The van der Waals surface area contributed by atoms with E-state index in [9.17, 15) is 19.5 Å². The molecular weight excluding hydrogens is 423 g/mol. The number of esters is 1. The third-order valence-electron chi connectivity index (χ3n) is 4.36. The van der Waals surface area contributed by atoms with Crippen molar-refractivity contribution in [1.82, 2.24) is 5.09 Å². The standard InChI is InChI=1S/C21H27N2O7P/c1-4-16(3)22-31(27,29-19-13-11-18(12-14-19)23(25)26)30-20-9-7-6-8-17(20)10-15-21(24)28-5-2/h6-9,11-14,16H,4-5,10,15H2,1-3H3,(H,22,27)/t16-,31-/m0/s1. The molecule has 0 saturated heterocycles. The summed E-state index contributed by atoms with van der Waals surface area (Å²) in [5.41, 5.74) is 0.566. The average Bonchev–Trinajstić information content (AvgIpc) is 2.73. The second kappa shape index (κ2) is 11.5. The van der Waals surface area contributed by atoms with Crippen LogP contribution in [0.15, 0.2) is 48.5 Å². The lowest BCUT2D eigenvalue weighted by molar-refractivity contribution is -0.384. The zero-order chi connectivity index (χ0) is 22.9. The average molecular weight is 450 g/mol. The summed E-state index contributed by atoms with van der Waals surface area (Å²) in [4.78, 5) is 22.0. The molecule has 0 aliphatic rings. The number of para-hydroxylation sites is 1. The van der Waals surface area contributed by atoms with E-state index in [0.29, 0.717) is 30.8 Å². The number of carbonyl (C=O) groups is 1. The second-order valence-electron chi connectivity index (χ2n) is 6.78. The summed E-state index contributed by atoms with van der Waals surface area (Å²) >= 11 is 0. The molecule has 9 nitrogen and oxygen atoms in total. The molecule has 168 valence electrons. The molecule has 0 saturated carbocycles. The molecule has 0 radical (unpaired) electrons. The summed E-state index contributed by atoms with van der Waals surface area (Å²) in [5, 5.41) is 13.7. The molecule has 0 aliphatic carbocycles. The van der Waals surface area contributed by atoms with Crippen LogP contribution >= 0.6 is 7.75 Å². The van der Waals surface area contributed by atoms with Crippen molar-refractivity contribution in [2.45, 2.75) is 46.1 Å². The summed E-state index contributed by atoms with van der Waals surface area (Å²) in [7, 11) is -3.90. The van der Waals surface area contributed by atoms with Gasteiger partial charge in [-0.3, -0.25) is 14.9 Å². The predicted molar refractivity (Wildman–Crippen MR) is 116 cm³/mol. The number of hydrogen-bond acceptors (Lipinski definition) is 7. The van der Waals surface area contributed by atoms with Crippen LogP contribution in [0, 0.1) is 10.1 Å². The van der Waals surface area contributed by atoms with Crippen molar-refractivity contribution in [3.05, 3.63) is 64.2 Å². The first-order chi connectivity index (χ1) is 14.8. The second-order valence-corrected chi connectivity index (χ2v) is 8.40. The molecule has 2 rings (SSSR count). The minimum Gasteiger partial charge on any atom is -0.466 e. The highest BCUT2D eigenvalue weighted by Gasteiger charge is 2.31. The SMILES string of the molecule is CCOC(=O)CCc1ccccc1O[P@](=O)(N[C@@H](C)CC)Oc1ccc([N+](=O)[O-])cc1. The van der Waals surface area contributed by atoms with E-state index in [1.165, 1.54) is 24.3 Å². The number of nitrogens with zero attached hydrogens (tertiary/aromatic N) is 1. The van der Waals surface area contributed by atoms with E-state index in [1.54, 1.807) is 31.2 Å². The predicted octanol–water partition coefficient (Wildman–Crippen LogP) is 5.04. The fraction of sp³-hybridized carbons (Fsp3) is 0.381. The van der Waals surface area contributed by atoms with Crippen LogP contribution in [0.4, 0.5) is 5.69 Å². The van der Waals surface area contributed by atoms with Crippen LogP contribution in [-0.2, 0) is 20.5 Å². The first kappa shape index (κ1) is 24.4. The maximum Gasteiger partial charge on any atom is 0.513 e. The minimum atomic E-state index is -3.90. The van der Waals surface area contributed by atoms with E-state index < -0.39 is 12.7 Å². The van der Waals surface area contributed by atoms with Crippen LogP contribution < -0.4 is 14.1 Å². The van der Waals surface area contributed by atoms with E-state index >= 15 is 0 Å². The van der Waals surface area contributed by atoms with Crippen LogP contribution in [0.5, 0.6) is 11.5 Å². The molecule has 0 amide bonds. The van der Waals surface area contributed by atoms with Gasteiger partial charge in [-0.2, -0.15) is 5.09 Å². The Bertz CT molecular complexity index is 934. The van der Waals surface area contributed by atoms with E-state index in [0.717, 1.165) is 0 Å². The Morgan fingerprint density at radius 3 is 2.42 bits per heavy atom. The lowest BCUT2D eigenvalue weighted by atomic mass is 10.1. The highest BCUT2D eigenvalue weighted by molar-refractivity contribution is 7.52. The number of aryl methyl sites for hydroxylation is 1. The zero-order valence-corrected chi connectivity index (χ0v) is 18.7. The molecule has 2 atom stereocenters. The van der Waals surface area contributed by atoms with Crippen LogP contribution in [0.3, 0.4) is 0 Å². The molecule has 0 bridgehead atoms. The van der Waals surface area contributed by atoms with Gasteiger partial charge >= 0.3 is 13.7 Å². The third kappa shape index (κ3) is 7.70. The fourth-order valence-electron chi connectivity index (χ4n) is 2.60. The lowest BCUT2D eigenvalue weighted by Gasteiger charge is -2.24. The first-order valence-corrected chi connectivity index (χ1v) is 11.6. The maximum absolute atomic E-state index is 13.6. The summed E-state index contributed by atoms with van der Waals surface area (Å²) < 4.78 is 30.0. The zero-order valence-electron chi connectivity index (χ0n) is 17.8. The molecule has 10 heteroatoms. The molecule has 31 heavy (non-hydrogen) atoms. The van der Waals surface area contributed by atoms with Gasteiger partial charge in [-0.15, -0.1) is 0 Å². The van der Waals surface area contributed by atoms with Gasteiger partial charge < -0.3 is 13.8 Å². The van der Waals surface area contributed by atoms with Gasteiger partial charge in [-0.1, -0.05) is 25.1 Å². The van der Waals surface area contributed by atoms with Crippen molar-refractivity contribution in [2.24, 2.45) is 0 Å². The molecule has 1 N–H and O–H groups in total. The highest BCUT2D eigenvalue weighted by Crippen LogP contribution is 2.46. The smallest absolute Gasteiger partial charge is 0.466 e. The summed E-state index contributed by atoms with van der Waals surface area (Å²) in [6, 6.07) is 12.0. The first-order valence-electron chi connectivity index (χ1n) is 10.0. The molecule has 0 heterocycles. The number of benzene rings is 2. The van der Waals surface area contributed by atoms with Crippen LogP contribution in [0.25, 0.3) is 0 Å². The number of carbonyl (C=O) groups excluding carboxylic acids is 1. The summed E-state index contributed by atoms with van der Waals surface area (Å²) in [5.74, 6) is 0.141. The van der Waals surface area contributed by atoms with E-state index in [2.05, 4.69) is 5.09 Å². The van der Waals surface area contributed by atoms with Crippen molar-refractivity contribution in [2.75, 3.05) is 6.61 Å². The molecule has 0 aliphatic heterocycles. The van der Waals surface area contributed by atoms with E-state index in [4.69, 9.17) is 13.8 Å². The minimum absolute atomic E-state index is 0.109. The van der Waals surface area contributed by atoms with Crippen LogP contribution in [0.1, 0.15) is 39.2 Å². The van der Waals surface area contributed by atoms with Crippen molar-refractivity contribution >= 4 is 19.4 Å². The van der Waals surface area contributed by atoms with Crippen LogP contribution in [0.2, 0.25) is 0 Å². The number of nitro benzene ring substituents is 1. The monoisotopic (exact) mass is 450 g/mol. The number of nitrogens with one attached hydrogen (secondary N) is 1. The van der Waals surface area contributed by atoms with Gasteiger partial charge in [0.25, 0.3) is 5.69 Å². The highest BCUT2D eigenvalue weighted by atomic mass is 31.2. The number of ether oxygens (including phenoxy) is 1. The molecule has 0 aromatic heterocycles. The number of non-ortho nitro benzene ring substituents is 1. The molecule has 0 spiro atoms. The summed E-state index contributed by atoms with van der Waals surface area (Å²) in [6.07, 6.45) is 1.16. The Morgan fingerprint density at radius 1 is 1.13 bits per heavy atom. The van der Waals surface area contributed by atoms with Gasteiger partial charge in [0.1, 0.15) is 11.5 Å². The lowest BCUT2D eigenvalue weighted by Crippen LogP contribution is -2.27. The van der Waals surface area contributed by atoms with Gasteiger partial charge in [0.15, 0.2) is 0 Å². The largest absolute Gasteiger partial charge is 0.513 e. The molecule has 2 aromatic rings. The summed E-state index contributed by atoms with van der Waals surface area (Å²) in [6.45, 7) is 5.79. The fourth-order valence-corrected chi connectivity index (χ4v) is 4.30. The van der Waals surface area contributed by atoms with E-state index in [1.807, 2.05) is 13.8 Å². The quantitative estimate of drug-likeness (QED) is 0.207. The van der Waals surface area contributed by atoms with Gasteiger partial charge in [0.05, 0.1) is 11.5 Å². The Labute approximate surface area is 181 Å². The van der Waals surface area contributed by atoms with E-state index in [-0.39, 0.29) is 29.9 Å². The third-order valence-corrected chi connectivity index (χ3v) is 6.00. The molecule has 2 aromatic carbocycles. The van der Waals surface area contributed by atoms with Gasteiger partial charge in [0, 0.05) is 24.6 Å². The molecule has 0 unspecified atom stereocenters. The van der Waals surface area contributed by atoms with Gasteiger partial charge in [-0.05, 0) is 50.5 Å². The Kier molecular flexibility index (Phi) is 9.03. The maximum atomic E-state index is 13.6. The number of hydrogen-bond donors (Lipinski definition) is 1. The number of nitro groups is 1. The van der Waals surface area contributed by atoms with Gasteiger partial charge in [-0.25, -0.2) is 4.57 Å². The van der Waals surface area contributed by atoms with Crippen LogP contribution in [-0.4, -0.2) is 23.5 Å².